The number of ether oxygens (including phenoxy) is 1. The van der Waals surface area contributed by atoms with Crippen LogP contribution in [-0.4, -0.2) is 40.8 Å². The fraction of sp³-hybridized carbons (Fsp3) is 0.409. The summed E-state index contributed by atoms with van der Waals surface area (Å²) in [5, 5.41) is 6.63. The van der Waals surface area contributed by atoms with E-state index in [0.717, 1.165) is 31.0 Å². The fourth-order valence-corrected chi connectivity index (χ4v) is 3.46. The molecule has 29 heavy (non-hydrogen) atoms. The number of guanidine groups is 1. The highest BCUT2D eigenvalue weighted by molar-refractivity contribution is 7.90. The summed E-state index contributed by atoms with van der Waals surface area (Å²) in [5.41, 5.74) is 3.43. The Balaban J connectivity index is 1.83. The summed E-state index contributed by atoms with van der Waals surface area (Å²) in [5.74, 6) is 0.724. The van der Waals surface area contributed by atoms with Crippen molar-refractivity contribution in [1.29, 1.82) is 0 Å². The molecule has 2 aromatic rings. The Kier molecular flexibility index (Phi) is 9.15. The Bertz CT molecular complexity index is 894. The van der Waals surface area contributed by atoms with Crippen LogP contribution in [0.3, 0.4) is 0 Å². The minimum Gasteiger partial charge on any atom is -0.377 e. The lowest BCUT2D eigenvalue weighted by atomic mass is 10.1. The van der Waals surface area contributed by atoms with Crippen molar-refractivity contribution in [2.75, 3.05) is 26.5 Å². The van der Waals surface area contributed by atoms with Crippen molar-refractivity contribution in [2.24, 2.45) is 4.99 Å². The Hall–Kier alpha value is -2.38. The van der Waals surface area contributed by atoms with Crippen molar-refractivity contribution in [3.05, 3.63) is 65.2 Å². The molecule has 0 aliphatic carbocycles. The summed E-state index contributed by atoms with van der Waals surface area (Å²) in [6, 6.07) is 15.2. The van der Waals surface area contributed by atoms with Gasteiger partial charge in [0.25, 0.3) is 0 Å². The molecule has 0 fully saturated rings. The maximum Gasteiger partial charge on any atom is 0.191 e. The minimum absolute atomic E-state index is 0.341. The molecule has 0 saturated heterocycles. The number of benzene rings is 2. The molecule has 0 bridgehead atoms. The van der Waals surface area contributed by atoms with E-state index in [9.17, 15) is 8.42 Å². The van der Waals surface area contributed by atoms with E-state index in [4.69, 9.17) is 4.74 Å². The lowest BCUT2D eigenvalue weighted by molar-refractivity contribution is 0.121. The van der Waals surface area contributed by atoms with Gasteiger partial charge < -0.3 is 15.4 Å². The Morgan fingerprint density at radius 2 is 1.72 bits per heavy atom. The number of rotatable bonds is 10. The van der Waals surface area contributed by atoms with Gasteiger partial charge in [-0.05, 0) is 41.7 Å². The van der Waals surface area contributed by atoms with Crippen LogP contribution in [0.1, 0.15) is 30.0 Å². The van der Waals surface area contributed by atoms with Gasteiger partial charge in [0.1, 0.15) is 0 Å². The third-order valence-electron chi connectivity index (χ3n) is 4.45. The number of aliphatic imine (C=N–C) groups is 1. The van der Waals surface area contributed by atoms with Gasteiger partial charge in [-0.15, -0.1) is 0 Å². The van der Waals surface area contributed by atoms with Gasteiger partial charge in [-0.3, -0.25) is 4.99 Å². The second kappa shape index (κ2) is 11.6. The molecule has 2 aromatic carbocycles. The van der Waals surface area contributed by atoms with Gasteiger partial charge in [-0.1, -0.05) is 43.3 Å². The predicted molar refractivity (Wildman–Crippen MR) is 118 cm³/mol. The maximum atomic E-state index is 11.5. The molecule has 158 valence electrons. The Morgan fingerprint density at radius 1 is 1.03 bits per heavy atom. The van der Waals surface area contributed by atoms with Crippen molar-refractivity contribution in [3.63, 3.8) is 0 Å². The smallest absolute Gasteiger partial charge is 0.191 e. The Morgan fingerprint density at radius 3 is 2.34 bits per heavy atom. The molecule has 2 rings (SSSR count). The second-order valence-corrected chi connectivity index (χ2v) is 8.86. The van der Waals surface area contributed by atoms with Crippen molar-refractivity contribution < 1.29 is 13.2 Å². The van der Waals surface area contributed by atoms with E-state index in [0.29, 0.717) is 24.6 Å². The average molecular weight is 418 g/mol. The largest absolute Gasteiger partial charge is 0.377 e. The molecule has 0 radical (unpaired) electrons. The quantitative estimate of drug-likeness (QED) is 0.353. The van der Waals surface area contributed by atoms with Crippen molar-refractivity contribution >= 4 is 15.8 Å². The first-order valence-corrected chi connectivity index (χ1v) is 11.7. The van der Waals surface area contributed by atoms with Crippen LogP contribution >= 0.6 is 0 Å². The normalized spacial score (nSPS) is 12.0. The van der Waals surface area contributed by atoms with Gasteiger partial charge in [0.15, 0.2) is 15.8 Å². The molecule has 0 heterocycles. The number of nitrogens with zero attached hydrogens (tertiary/aromatic N) is 1. The van der Waals surface area contributed by atoms with Crippen LogP contribution in [0.4, 0.5) is 0 Å². The zero-order chi connectivity index (χ0) is 21.1. The topological polar surface area (TPSA) is 79.8 Å². The van der Waals surface area contributed by atoms with E-state index in [1.165, 1.54) is 17.4 Å². The van der Waals surface area contributed by atoms with Crippen LogP contribution in [-0.2, 0) is 34.1 Å². The van der Waals surface area contributed by atoms with Gasteiger partial charge >= 0.3 is 0 Å². The van der Waals surface area contributed by atoms with Crippen LogP contribution in [0.2, 0.25) is 0 Å². The first kappa shape index (κ1) is 22.9. The summed E-state index contributed by atoms with van der Waals surface area (Å²) in [4.78, 5) is 4.61. The van der Waals surface area contributed by atoms with Crippen LogP contribution in [0.15, 0.2) is 58.4 Å². The molecule has 0 aromatic heterocycles. The molecule has 0 spiro atoms. The molecule has 7 heteroatoms. The fourth-order valence-electron chi connectivity index (χ4n) is 2.83. The van der Waals surface area contributed by atoms with Crippen LogP contribution < -0.4 is 10.6 Å². The zero-order valence-corrected chi connectivity index (χ0v) is 18.3. The second-order valence-electron chi connectivity index (χ2n) is 6.84. The third-order valence-corrected chi connectivity index (χ3v) is 5.58. The van der Waals surface area contributed by atoms with Gasteiger partial charge in [0.2, 0.25) is 0 Å². The highest BCUT2D eigenvalue weighted by atomic mass is 32.2. The molecular formula is C22H31N3O3S. The van der Waals surface area contributed by atoms with Crippen molar-refractivity contribution in [2.45, 2.75) is 37.8 Å². The monoisotopic (exact) mass is 417 g/mol. The minimum atomic E-state index is -3.16. The number of hydrogen-bond acceptors (Lipinski definition) is 4. The van der Waals surface area contributed by atoms with E-state index in [1.54, 1.807) is 19.2 Å². The predicted octanol–water partition coefficient (Wildman–Crippen LogP) is 2.92. The Labute approximate surface area is 174 Å². The molecule has 0 amide bonds. The molecule has 0 aliphatic rings. The summed E-state index contributed by atoms with van der Waals surface area (Å²) in [6.45, 7) is 4.83. The molecule has 0 saturated carbocycles. The van der Waals surface area contributed by atoms with E-state index in [-0.39, 0.29) is 0 Å². The van der Waals surface area contributed by atoms with Gasteiger partial charge in [-0.25, -0.2) is 8.42 Å². The molecule has 6 nitrogen and oxygen atoms in total. The summed E-state index contributed by atoms with van der Waals surface area (Å²) in [7, 11) is -1.41. The molecule has 2 N–H and O–H groups in total. The van der Waals surface area contributed by atoms with Crippen molar-refractivity contribution in [3.8, 4) is 0 Å². The SMILES string of the molecule is CCCOCc1ccccc1CNC(=NC)NCCc1ccc(S(C)(=O)=O)cc1. The highest BCUT2D eigenvalue weighted by Gasteiger charge is 2.07. The molecule has 0 atom stereocenters. The summed E-state index contributed by atoms with van der Waals surface area (Å²) >= 11 is 0. The first-order chi connectivity index (χ1) is 13.9. The van der Waals surface area contributed by atoms with Crippen LogP contribution in [0.5, 0.6) is 0 Å². The summed E-state index contributed by atoms with van der Waals surface area (Å²) < 4.78 is 28.7. The van der Waals surface area contributed by atoms with E-state index >= 15 is 0 Å². The van der Waals surface area contributed by atoms with E-state index in [1.807, 2.05) is 24.3 Å². The standard InChI is InChI=1S/C22H31N3O3S/c1-4-15-28-17-20-8-6-5-7-19(20)16-25-22(23-2)24-14-13-18-9-11-21(12-10-18)29(3,26)27/h5-12H,4,13-17H2,1-3H3,(H2,23,24,25). The highest BCUT2D eigenvalue weighted by Crippen LogP contribution is 2.11. The molecular weight excluding hydrogens is 386 g/mol. The van der Waals surface area contributed by atoms with E-state index in [2.05, 4.69) is 34.7 Å². The van der Waals surface area contributed by atoms with E-state index < -0.39 is 9.84 Å². The molecule has 0 aliphatic heterocycles. The van der Waals surface area contributed by atoms with Crippen LogP contribution in [0, 0.1) is 0 Å². The average Bonchev–Trinajstić information content (AvgIpc) is 2.71. The molecule has 0 unspecified atom stereocenters. The first-order valence-electron chi connectivity index (χ1n) is 9.82. The van der Waals surface area contributed by atoms with Gasteiger partial charge in [-0.2, -0.15) is 0 Å². The number of sulfone groups is 1. The zero-order valence-electron chi connectivity index (χ0n) is 17.4. The number of nitrogens with one attached hydrogen (secondary N) is 2. The lowest BCUT2D eigenvalue weighted by Crippen LogP contribution is -2.38. The van der Waals surface area contributed by atoms with Gasteiger partial charge in [0.05, 0.1) is 11.5 Å². The number of hydrogen-bond donors (Lipinski definition) is 2. The third kappa shape index (κ3) is 7.87. The van der Waals surface area contributed by atoms with Gasteiger partial charge in [0, 0.05) is 33.0 Å². The maximum absolute atomic E-state index is 11.5. The lowest BCUT2D eigenvalue weighted by Gasteiger charge is -2.14. The summed E-state index contributed by atoms with van der Waals surface area (Å²) in [6.07, 6.45) is 2.99. The van der Waals surface area contributed by atoms with Crippen molar-refractivity contribution in [1.82, 2.24) is 10.6 Å². The van der Waals surface area contributed by atoms with Crippen LogP contribution in [0.25, 0.3) is 0 Å².